The Bertz CT molecular complexity index is 1550. The molecule has 1 heterocycles. The maximum atomic E-state index is 14.7. The number of tetrazole rings is 1. The second kappa shape index (κ2) is 9.67. The first kappa shape index (κ1) is 30.9. The van der Waals surface area contributed by atoms with Crippen molar-refractivity contribution in [2.75, 3.05) is 6.61 Å². The zero-order valence-electron chi connectivity index (χ0n) is 27.6. The fraction of sp³-hybridized carbons (Fsp3) is 0.743. The number of fused-ring (bicyclic) bond motifs is 7. The molecule has 5 aliphatic carbocycles. The molecule has 9 heteroatoms. The van der Waals surface area contributed by atoms with Gasteiger partial charge in [-0.2, -0.15) is 4.80 Å². The van der Waals surface area contributed by atoms with Gasteiger partial charge in [0.2, 0.25) is 5.70 Å². The quantitative estimate of drug-likeness (QED) is 0.305. The molecule has 6 rings (SSSR count). The summed E-state index contributed by atoms with van der Waals surface area (Å²) in [6.45, 7) is 25.2. The van der Waals surface area contributed by atoms with Gasteiger partial charge in [0.15, 0.2) is 17.4 Å². The molecule has 7 atom stereocenters. The smallest absolute Gasteiger partial charge is 0.302 e. The van der Waals surface area contributed by atoms with Crippen molar-refractivity contribution in [1.29, 1.82) is 0 Å². The van der Waals surface area contributed by atoms with Crippen LogP contribution in [0, 0.1) is 51.4 Å². The lowest BCUT2D eigenvalue weighted by atomic mass is 9.34. The van der Waals surface area contributed by atoms with Crippen LogP contribution in [0.5, 0.6) is 0 Å². The van der Waals surface area contributed by atoms with Crippen LogP contribution in [0.3, 0.4) is 0 Å². The highest BCUT2D eigenvalue weighted by atomic mass is 16.5. The van der Waals surface area contributed by atoms with E-state index in [-0.39, 0.29) is 69.3 Å². The van der Waals surface area contributed by atoms with E-state index in [1.54, 1.807) is 0 Å². The number of hydrogen-bond acceptors (Lipinski definition) is 7. The molecule has 9 nitrogen and oxygen atoms in total. The third-order valence-corrected chi connectivity index (χ3v) is 13.3. The Morgan fingerprint density at radius 2 is 1.77 bits per heavy atom. The minimum atomic E-state index is -0.672. The second-order valence-corrected chi connectivity index (χ2v) is 16.4. The van der Waals surface area contributed by atoms with Gasteiger partial charge in [-0.25, -0.2) is 4.85 Å². The van der Waals surface area contributed by atoms with Crippen molar-refractivity contribution >= 4 is 17.5 Å². The highest BCUT2D eigenvalue weighted by molar-refractivity contribution is 6.03. The highest BCUT2D eigenvalue weighted by Gasteiger charge is 2.70. The Kier molecular flexibility index (Phi) is 6.78. The van der Waals surface area contributed by atoms with Crippen molar-refractivity contribution < 1.29 is 19.1 Å². The van der Waals surface area contributed by atoms with E-state index < -0.39 is 10.8 Å². The summed E-state index contributed by atoms with van der Waals surface area (Å²) in [6, 6.07) is 0. The molecule has 0 radical (unpaired) electrons. The van der Waals surface area contributed by atoms with Crippen molar-refractivity contribution in [3.8, 4) is 0 Å². The number of allylic oxidation sites excluding steroid dienone is 4. The predicted octanol–water partition coefficient (Wildman–Crippen LogP) is 6.06. The molecular weight excluding hydrogens is 554 g/mol. The number of rotatable bonds is 4. The van der Waals surface area contributed by atoms with E-state index in [9.17, 15) is 14.4 Å². The Balaban J connectivity index is 1.45. The fourth-order valence-electron chi connectivity index (χ4n) is 10.8. The summed E-state index contributed by atoms with van der Waals surface area (Å²) in [6.07, 6.45) is 10.2. The van der Waals surface area contributed by atoms with Crippen LogP contribution in [0.4, 0.5) is 0 Å². The number of carbonyl (C=O) groups excluding carboxylic acids is 3. The first-order valence-electron chi connectivity index (χ1n) is 16.3. The molecule has 0 amide bonds. The van der Waals surface area contributed by atoms with Gasteiger partial charge < -0.3 is 9.53 Å². The third kappa shape index (κ3) is 4.08. The number of hydrogen-bond donors (Lipinski definition) is 0. The van der Waals surface area contributed by atoms with Crippen molar-refractivity contribution in [2.45, 2.75) is 112 Å². The zero-order valence-corrected chi connectivity index (χ0v) is 27.6. The van der Waals surface area contributed by atoms with E-state index in [1.165, 1.54) is 11.7 Å². The molecule has 0 N–H and O–H groups in total. The summed E-state index contributed by atoms with van der Waals surface area (Å²) in [5.41, 5.74) is -0.731. The Hall–Kier alpha value is -3.15. The number of aromatic nitrogens is 4. The Morgan fingerprint density at radius 1 is 1.07 bits per heavy atom. The van der Waals surface area contributed by atoms with Gasteiger partial charge in [-0.05, 0) is 84.3 Å². The molecule has 3 saturated carbocycles. The van der Waals surface area contributed by atoms with Crippen LogP contribution in [0.1, 0.15) is 106 Å². The number of carbonyl (C=O) groups is 3. The lowest BCUT2D eigenvalue weighted by molar-refractivity contribution is -0.160. The largest absolute Gasteiger partial charge is 0.464 e. The van der Waals surface area contributed by atoms with Gasteiger partial charge in [0.25, 0.3) is 0 Å². The summed E-state index contributed by atoms with van der Waals surface area (Å²) in [5, 5.41) is 13.8. The van der Waals surface area contributed by atoms with Gasteiger partial charge in [0, 0.05) is 29.1 Å². The van der Waals surface area contributed by atoms with Gasteiger partial charge in [0.1, 0.15) is 6.61 Å². The van der Waals surface area contributed by atoms with Gasteiger partial charge in [0.05, 0.1) is 13.1 Å². The van der Waals surface area contributed by atoms with Crippen LogP contribution < -0.4 is 0 Å². The minimum Gasteiger partial charge on any atom is -0.464 e. The molecule has 0 bridgehead atoms. The lowest BCUT2D eigenvalue weighted by Crippen LogP contribution is -2.65. The number of nitrogens with zero attached hydrogens (tertiary/aromatic N) is 5. The van der Waals surface area contributed by atoms with Crippen LogP contribution in [0.25, 0.3) is 4.85 Å². The average Bonchev–Trinajstić information content (AvgIpc) is 3.41. The molecule has 236 valence electrons. The molecule has 1 aromatic rings. The fourth-order valence-corrected chi connectivity index (χ4v) is 10.8. The standard InChI is InChI=1S/C35H47N5O4/c1-21(41)44-17-16-40-38-29(37-39-40)35-14-12-30(2,3)19-22(35)27-24(42)18-26-32(6)20-23(36-9)28(43)31(4,5)25(32)10-11-33(26,7)34(27,8)13-15-35/h18,20,22,25,27H,10-17,19H2,1-8H3/t22-,25-,27-,32-,33+,34+,35-/m0/s1. The minimum absolute atomic E-state index is 0.0304. The highest BCUT2D eigenvalue weighted by Crippen LogP contribution is 2.74. The van der Waals surface area contributed by atoms with Crippen LogP contribution in [-0.4, -0.2) is 44.3 Å². The van der Waals surface area contributed by atoms with Crippen molar-refractivity contribution in [3.05, 3.63) is 40.7 Å². The van der Waals surface area contributed by atoms with Crippen molar-refractivity contribution in [1.82, 2.24) is 20.2 Å². The normalized spacial score (nSPS) is 40.3. The summed E-state index contributed by atoms with van der Waals surface area (Å²) >= 11 is 0. The van der Waals surface area contributed by atoms with Crippen molar-refractivity contribution in [3.63, 3.8) is 0 Å². The van der Waals surface area contributed by atoms with E-state index in [4.69, 9.17) is 16.4 Å². The summed E-state index contributed by atoms with van der Waals surface area (Å²) in [5.74, 6) is 0.358. The predicted molar refractivity (Wildman–Crippen MR) is 164 cm³/mol. The Labute approximate surface area is 261 Å². The number of ether oxygens (including phenoxy) is 1. The van der Waals surface area contributed by atoms with Crippen LogP contribution in [0.2, 0.25) is 0 Å². The molecule has 3 fully saturated rings. The maximum Gasteiger partial charge on any atom is 0.302 e. The third-order valence-electron chi connectivity index (χ3n) is 13.3. The summed E-state index contributed by atoms with van der Waals surface area (Å²) in [4.78, 5) is 44.6. The van der Waals surface area contributed by atoms with Gasteiger partial charge in [-0.15, -0.1) is 10.2 Å². The average molecular weight is 602 g/mol. The molecule has 0 spiro atoms. The number of ketones is 2. The van der Waals surface area contributed by atoms with E-state index in [1.807, 2.05) is 26.0 Å². The first-order valence-corrected chi connectivity index (χ1v) is 16.3. The van der Waals surface area contributed by atoms with Crippen LogP contribution in [-0.2, 0) is 31.1 Å². The number of Topliss-reactive ketones (excluding diaryl/α,β-unsaturated/α-hetero) is 1. The molecule has 0 saturated heterocycles. The molecule has 0 unspecified atom stereocenters. The molecule has 5 aliphatic rings. The second-order valence-electron chi connectivity index (χ2n) is 16.4. The maximum absolute atomic E-state index is 14.7. The lowest BCUT2D eigenvalue weighted by Gasteiger charge is -2.69. The molecule has 44 heavy (non-hydrogen) atoms. The SMILES string of the molecule is [C-]#[N+]C1=C[C@]2(C)C3=CC(=O)[C@@H]4[C@@H]5CC(C)(C)CC[C@]5(c5nnn(CCOC(C)=O)n5)CC[C@@]4(C)[C@]3(C)CC[C@H]2C(C)(C)C1=O. The Morgan fingerprint density at radius 3 is 2.45 bits per heavy atom. The van der Waals surface area contributed by atoms with Crippen LogP contribution in [0.15, 0.2) is 23.4 Å². The topological polar surface area (TPSA) is 108 Å². The molecule has 0 aromatic carbocycles. The molecule has 0 aliphatic heterocycles. The van der Waals surface area contributed by atoms with Gasteiger partial charge >= 0.3 is 5.97 Å². The van der Waals surface area contributed by atoms with Crippen molar-refractivity contribution in [2.24, 2.45) is 44.8 Å². The van der Waals surface area contributed by atoms with E-state index in [0.717, 1.165) is 50.5 Å². The van der Waals surface area contributed by atoms with E-state index >= 15 is 0 Å². The summed E-state index contributed by atoms with van der Waals surface area (Å²) < 4.78 is 5.11. The van der Waals surface area contributed by atoms with Gasteiger partial charge in [-0.3, -0.25) is 9.59 Å². The monoisotopic (exact) mass is 601 g/mol. The van der Waals surface area contributed by atoms with E-state index in [2.05, 4.69) is 49.8 Å². The molecular formula is C35H47N5O4. The van der Waals surface area contributed by atoms with Crippen LogP contribution >= 0.6 is 0 Å². The van der Waals surface area contributed by atoms with Gasteiger partial charge in [-0.1, -0.05) is 60.1 Å². The first-order chi connectivity index (χ1) is 20.4. The number of esters is 1. The molecule has 1 aromatic heterocycles. The zero-order chi connectivity index (χ0) is 32.1. The van der Waals surface area contributed by atoms with E-state index in [0.29, 0.717) is 12.4 Å². The summed E-state index contributed by atoms with van der Waals surface area (Å²) in [7, 11) is 0.